The summed E-state index contributed by atoms with van der Waals surface area (Å²) in [6, 6.07) is 18.7. The van der Waals surface area contributed by atoms with E-state index in [1.807, 2.05) is 6.07 Å². The highest BCUT2D eigenvalue weighted by molar-refractivity contribution is 6.32. The summed E-state index contributed by atoms with van der Waals surface area (Å²) < 4.78 is 54.4. The van der Waals surface area contributed by atoms with Gasteiger partial charge in [-0.1, -0.05) is 41.9 Å². The van der Waals surface area contributed by atoms with E-state index in [2.05, 4.69) is 0 Å². The number of rotatable bonds is 8. The molecule has 0 atom stereocenters. The summed E-state index contributed by atoms with van der Waals surface area (Å²) in [6.07, 6.45) is 0.577. The van der Waals surface area contributed by atoms with Gasteiger partial charge in [0.1, 0.15) is 42.2 Å². The predicted octanol–water partition coefficient (Wildman–Crippen LogP) is 7.27. The van der Waals surface area contributed by atoms with Gasteiger partial charge in [0.2, 0.25) is 0 Å². The third-order valence-electron chi connectivity index (χ3n) is 5.32. The molecular formula is C28H17ClF3NO3. The summed E-state index contributed by atoms with van der Waals surface area (Å²) in [5.41, 5.74) is 1.13. The van der Waals surface area contributed by atoms with Gasteiger partial charge in [0, 0.05) is 22.8 Å². The molecule has 0 unspecified atom stereocenters. The number of halogens is 4. The Hall–Kier alpha value is -4.28. The van der Waals surface area contributed by atoms with Crippen LogP contribution in [0.5, 0.6) is 11.5 Å². The smallest absolute Gasteiger partial charge is 0.153 e. The van der Waals surface area contributed by atoms with Gasteiger partial charge >= 0.3 is 0 Å². The number of ether oxygens (including phenoxy) is 2. The maximum atomic E-state index is 15.1. The largest absolute Gasteiger partial charge is 0.488 e. The van der Waals surface area contributed by atoms with Crippen LogP contribution in [0.1, 0.15) is 27.0 Å². The minimum absolute atomic E-state index is 0.0767. The summed E-state index contributed by atoms with van der Waals surface area (Å²) in [6.45, 7) is -0.201. The Morgan fingerprint density at radius 1 is 0.861 bits per heavy atom. The van der Waals surface area contributed by atoms with E-state index in [0.29, 0.717) is 17.4 Å². The average molecular weight is 508 g/mol. The fraction of sp³-hybridized carbons (Fsp3) is 0.0714. The molecule has 0 spiro atoms. The van der Waals surface area contributed by atoms with Crippen molar-refractivity contribution in [3.05, 3.63) is 118 Å². The van der Waals surface area contributed by atoms with E-state index in [4.69, 9.17) is 26.3 Å². The highest BCUT2D eigenvalue weighted by Gasteiger charge is 2.16. The van der Waals surface area contributed by atoms with E-state index in [-0.39, 0.29) is 52.0 Å². The summed E-state index contributed by atoms with van der Waals surface area (Å²) in [5.74, 6) is -1.91. The predicted molar refractivity (Wildman–Crippen MR) is 128 cm³/mol. The molecule has 0 saturated heterocycles. The van der Waals surface area contributed by atoms with Gasteiger partial charge in [-0.3, -0.25) is 4.79 Å². The van der Waals surface area contributed by atoms with Crippen LogP contribution in [-0.2, 0) is 13.2 Å². The number of hydrogen-bond acceptors (Lipinski definition) is 4. The Bertz CT molecular complexity index is 1480. The fourth-order valence-electron chi connectivity index (χ4n) is 3.53. The quantitative estimate of drug-likeness (QED) is 0.235. The molecule has 180 valence electrons. The summed E-state index contributed by atoms with van der Waals surface area (Å²) >= 11 is 6.25. The monoisotopic (exact) mass is 507 g/mol. The van der Waals surface area contributed by atoms with Crippen LogP contribution >= 0.6 is 11.6 Å². The maximum absolute atomic E-state index is 15.1. The van der Waals surface area contributed by atoms with Crippen molar-refractivity contribution >= 4 is 17.9 Å². The Labute approximate surface area is 210 Å². The normalized spacial score (nSPS) is 10.5. The van der Waals surface area contributed by atoms with Crippen LogP contribution in [0.4, 0.5) is 13.2 Å². The molecule has 0 aliphatic carbocycles. The van der Waals surface area contributed by atoms with Gasteiger partial charge in [-0.15, -0.1) is 0 Å². The number of nitrogens with zero attached hydrogens (tertiary/aromatic N) is 1. The van der Waals surface area contributed by atoms with E-state index in [9.17, 15) is 13.6 Å². The van der Waals surface area contributed by atoms with E-state index >= 15 is 4.39 Å². The van der Waals surface area contributed by atoms with Gasteiger partial charge in [0.25, 0.3) is 0 Å². The first-order valence-corrected chi connectivity index (χ1v) is 11.0. The van der Waals surface area contributed by atoms with Crippen LogP contribution < -0.4 is 9.47 Å². The van der Waals surface area contributed by atoms with Crippen molar-refractivity contribution in [2.24, 2.45) is 0 Å². The molecule has 4 rings (SSSR count). The lowest BCUT2D eigenvalue weighted by Gasteiger charge is -2.14. The van der Waals surface area contributed by atoms with E-state index in [1.54, 1.807) is 24.3 Å². The first kappa shape index (κ1) is 24.8. The minimum atomic E-state index is -0.767. The molecule has 0 aromatic heterocycles. The molecule has 0 aliphatic rings. The van der Waals surface area contributed by atoms with Crippen molar-refractivity contribution < 1.29 is 27.4 Å². The number of carbonyl (C=O) groups excluding carboxylic acids is 1. The molecule has 0 aliphatic heterocycles. The van der Waals surface area contributed by atoms with Crippen LogP contribution in [0.2, 0.25) is 5.02 Å². The van der Waals surface area contributed by atoms with Crippen molar-refractivity contribution in [2.45, 2.75) is 13.2 Å². The highest BCUT2D eigenvalue weighted by Crippen LogP contribution is 2.34. The molecule has 0 saturated carbocycles. The summed E-state index contributed by atoms with van der Waals surface area (Å²) in [7, 11) is 0. The topological polar surface area (TPSA) is 59.3 Å². The third kappa shape index (κ3) is 5.51. The maximum Gasteiger partial charge on any atom is 0.153 e. The SMILES string of the molecule is N#Cc1cccc(COc2cc(OCc3cccc(-c4cc(F)ccc4F)c3F)c(Cl)cc2C=O)c1. The fourth-order valence-corrected chi connectivity index (χ4v) is 3.75. The Balaban J connectivity index is 1.56. The van der Waals surface area contributed by atoms with Gasteiger partial charge in [0.15, 0.2) is 6.29 Å². The Kier molecular flexibility index (Phi) is 7.57. The first-order valence-electron chi connectivity index (χ1n) is 10.7. The molecule has 0 bridgehead atoms. The van der Waals surface area contributed by atoms with Crippen molar-refractivity contribution in [2.75, 3.05) is 0 Å². The number of aldehydes is 1. The van der Waals surface area contributed by atoms with Crippen molar-refractivity contribution in [3.63, 3.8) is 0 Å². The molecule has 8 heteroatoms. The number of nitriles is 1. The van der Waals surface area contributed by atoms with Crippen molar-refractivity contribution in [1.82, 2.24) is 0 Å². The van der Waals surface area contributed by atoms with Gasteiger partial charge in [-0.05, 0) is 42.0 Å². The van der Waals surface area contributed by atoms with Crippen LogP contribution in [0, 0.1) is 28.8 Å². The number of benzene rings is 4. The molecule has 36 heavy (non-hydrogen) atoms. The molecule has 0 radical (unpaired) electrons. The molecular weight excluding hydrogens is 491 g/mol. The molecule has 0 fully saturated rings. The summed E-state index contributed by atoms with van der Waals surface area (Å²) in [4.78, 5) is 11.5. The number of carbonyl (C=O) groups is 1. The highest BCUT2D eigenvalue weighted by atomic mass is 35.5. The van der Waals surface area contributed by atoms with Gasteiger partial charge in [0.05, 0.1) is 22.2 Å². The third-order valence-corrected chi connectivity index (χ3v) is 5.62. The zero-order chi connectivity index (χ0) is 25.7. The Morgan fingerprint density at radius 2 is 1.64 bits per heavy atom. The summed E-state index contributed by atoms with van der Waals surface area (Å²) in [5, 5.41) is 9.15. The molecule has 0 amide bonds. The molecule has 0 N–H and O–H groups in total. The molecule has 4 aromatic rings. The Morgan fingerprint density at radius 3 is 2.42 bits per heavy atom. The zero-order valence-electron chi connectivity index (χ0n) is 18.6. The first-order chi connectivity index (χ1) is 17.4. The molecule has 4 aromatic carbocycles. The van der Waals surface area contributed by atoms with Gasteiger partial charge in [-0.2, -0.15) is 5.26 Å². The van der Waals surface area contributed by atoms with Crippen LogP contribution in [0.25, 0.3) is 11.1 Å². The van der Waals surface area contributed by atoms with E-state index < -0.39 is 17.5 Å². The van der Waals surface area contributed by atoms with Crippen LogP contribution in [-0.4, -0.2) is 6.29 Å². The minimum Gasteiger partial charge on any atom is -0.488 e. The van der Waals surface area contributed by atoms with E-state index in [1.165, 1.54) is 30.3 Å². The second kappa shape index (κ2) is 11.0. The van der Waals surface area contributed by atoms with Gasteiger partial charge in [-0.25, -0.2) is 13.2 Å². The molecule has 4 nitrogen and oxygen atoms in total. The van der Waals surface area contributed by atoms with Gasteiger partial charge < -0.3 is 9.47 Å². The average Bonchev–Trinajstić information content (AvgIpc) is 2.89. The second-order valence-corrected chi connectivity index (χ2v) is 8.14. The standard InChI is InChI=1S/C28H17ClF3NO3/c29-24-10-20(14-34)26(35-15-18-4-1-3-17(9-18)13-33)12-27(24)36-16-19-5-2-6-22(28(19)32)23-11-21(30)7-8-25(23)31/h1-12,14H,15-16H2. The van der Waals surface area contributed by atoms with E-state index in [0.717, 1.165) is 18.2 Å². The second-order valence-electron chi connectivity index (χ2n) is 7.73. The van der Waals surface area contributed by atoms with Crippen molar-refractivity contribution in [3.8, 4) is 28.7 Å². The lowest BCUT2D eigenvalue weighted by molar-refractivity contribution is 0.111. The zero-order valence-corrected chi connectivity index (χ0v) is 19.4. The lowest BCUT2D eigenvalue weighted by atomic mass is 10.0. The van der Waals surface area contributed by atoms with Crippen LogP contribution in [0.3, 0.4) is 0 Å². The number of hydrogen-bond donors (Lipinski definition) is 0. The van der Waals surface area contributed by atoms with Crippen molar-refractivity contribution in [1.29, 1.82) is 5.26 Å². The lowest BCUT2D eigenvalue weighted by Crippen LogP contribution is -2.03. The molecule has 0 heterocycles. The van der Waals surface area contributed by atoms with Crippen LogP contribution in [0.15, 0.2) is 72.8 Å².